The van der Waals surface area contributed by atoms with Gasteiger partial charge in [0.05, 0.1) is 0 Å². The molecule has 1 N–H and O–H groups in total. The molecule has 0 aliphatic carbocycles. The van der Waals surface area contributed by atoms with Crippen LogP contribution in [0.5, 0.6) is 0 Å². The molecule has 1 saturated heterocycles. The number of aromatic nitrogens is 1. The Morgan fingerprint density at radius 1 is 1.32 bits per heavy atom. The molecule has 0 saturated carbocycles. The summed E-state index contributed by atoms with van der Waals surface area (Å²) >= 11 is 0. The number of fused-ring (bicyclic) bond motifs is 1. The number of carbonyl (C=O) groups excluding carboxylic acids is 1. The fourth-order valence-electron chi connectivity index (χ4n) is 2.82. The fourth-order valence-corrected chi connectivity index (χ4v) is 2.82. The Morgan fingerprint density at radius 3 is 2.73 bits per heavy atom. The summed E-state index contributed by atoms with van der Waals surface area (Å²) in [6.07, 6.45) is 0. The molecule has 118 valence electrons. The van der Waals surface area contributed by atoms with Gasteiger partial charge in [0.25, 0.3) is 6.01 Å². The Balaban J connectivity index is 1.63. The molecule has 1 atom stereocenters. The lowest BCUT2D eigenvalue weighted by Crippen LogP contribution is -2.51. The van der Waals surface area contributed by atoms with Crippen molar-refractivity contribution in [1.82, 2.24) is 15.2 Å². The maximum absolute atomic E-state index is 12.3. The van der Waals surface area contributed by atoms with Gasteiger partial charge in [-0.1, -0.05) is 19.1 Å². The second kappa shape index (κ2) is 6.36. The highest BCUT2D eigenvalue weighted by molar-refractivity contribution is 5.79. The molecule has 3 rings (SSSR count). The SMILES string of the molecule is CNCC(C)C(=O)N1CCN(c2nc3ccccc3o2)CC1. The molecule has 1 amide bonds. The minimum Gasteiger partial charge on any atom is -0.423 e. The molecule has 0 spiro atoms. The number of amides is 1. The largest absolute Gasteiger partial charge is 0.423 e. The van der Waals surface area contributed by atoms with E-state index in [1.54, 1.807) is 0 Å². The maximum Gasteiger partial charge on any atom is 0.298 e. The molecule has 1 aliphatic heterocycles. The van der Waals surface area contributed by atoms with E-state index in [1.807, 2.05) is 43.1 Å². The average molecular weight is 302 g/mol. The van der Waals surface area contributed by atoms with Crippen molar-refractivity contribution in [2.45, 2.75) is 6.92 Å². The van der Waals surface area contributed by atoms with Crippen LogP contribution in [0, 0.1) is 5.92 Å². The Morgan fingerprint density at radius 2 is 2.05 bits per heavy atom. The number of carbonyl (C=O) groups is 1. The predicted octanol–water partition coefficient (Wildman–Crippen LogP) is 1.33. The summed E-state index contributed by atoms with van der Waals surface area (Å²) in [6.45, 7) is 5.61. The number of hydrogen-bond acceptors (Lipinski definition) is 5. The molecule has 1 unspecified atom stereocenters. The monoisotopic (exact) mass is 302 g/mol. The van der Waals surface area contributed by atoms with E-state index >= 15 is 0 Å². The molecule has 6 heteroatoms. The third-order valence-electron chi connectivity index (χ3n) is 4.08. The summed E-state index contributed by atoms with van der Waals surface area (Å²) in [7, 11) is 1.87. The number of rotatable bonds is 4. The van der Waals surface area contributed by atoms with Crippen LogP contribution in [-0.2, 0) is 4.79 Å². The van der Waals surface area contributed by atoms with Crippen molar-refractivity contribution >= 4 is 23.0 Å². The highest BCUT2D eigenvalue weighted by Crippen LogP contribution is 2.22. The minimum atomic E-state index is 0.0147. The van der Waals surface area contributed by atoms with Crippen LogP contribution in [0.3, 0.4) is 0 Å². The van der Waals surface area contributed by atoms with Gasteiger partial charge >= 0.3 is 0 Å². The first-order valence-electron chi connectivity index (χ1n) is 7.73. The van der Waals surface area contributed by atoms with Crippen LogP contribution in [0.4, 0.5) is 6.01 Å². The van der Waals surface area contributed by atoms with Crippen molar-refractivity contribution in [2.75, 3.05) is 44.7 Å². The molecule has 1 fully saturated rings. The average Bonchev–Trinajstić information content (AvgIpc) is 2.98. The van der Waals surface area contributed by atoms with E-state index in [0.29, 0.717) is 25.6 Å². The Kier molecular flexibility index (Phi) is 4.29. The molecular formula is C16H22N4O2. The number of para-hydroxylation sites is 2. The quantitative estimate of drug-likeness (QED) is 0.923. The molecule has 6 nitrogen and oxygen atoms in total. The zero-order valence-electron chi connectivity index (χ0n) is 13.1. The topological polar surface area (TPSA) is 61.6 Å². The van der Waals surface area contributed by atoms with Crippen molar-refractivity contribution in [3.63, 3.8) is 0 Å². The zero-order chi connectivity index (χ0) is 15.5. The molecule has 22 heavy (non-hydrogen) atoms. The van der Waals surface area contributed by atoms with Crippen molar-refractivity contribution in [3.05, 3.63) is 24.3 Å². The van der Waals surface area contributed by atoms with Crippen molar-refractivity contribution in [1.29, 1.82) is 0 Å². The van der Waals surface area contributed by atoms with Crippen LogP contribution in [-0.4, -0.2) is 55.6 Å². The van der Waals surface area contributed by atoms with Crippen molar-refractivity contribution in [2.24, 2.45) is 5.92 Å². The summed E-state index contributed by atoms with van der Waals surface area (Å²) < 4.78 is 5.79. The zero-order valence-corrected chi connectivity index (χ0v) is 13.1. The first-order valence-corrected chi connectivity index (χ1v) is 7.73. The molecule has 2 heterocycles. The lowest BCUT2D eigenvalue weighted by Gasteiger charge is -2.35. The van der Waals surface area contributed by atoms with E-state index in [1.165, 1.54) is 0 Å². The second-order valence-electron chi connectivity index (χ2n) is 5.74. The summed E-state index contributed by atoms with van der Waals surface area (Å²) in [5.74, 6) is 0.229. The van der Waals surface area contributed by atoms with Crippen LogP contribution < -0.4 is 10.2 Å². The number of nitrogens with zero attached hydrogens (tertiary/aromatic N) is 3. The van der Waals surface area contributed by atoms with Gasteiger partial charge in [-0.3, -0.25) is 4.79 Å². The van der Waals surface area contributed by atoms with Gasteiger partial charge in [0, 0.05) is 38.6 Å². The molecule has 2 aromatic rings. The van der Waals surface area contributed by atoms with Crippen LogP contribution in [0.25, 0.3) is 11.1 Å². The maximum atomic E-state index is 12.3. The standard InChI is InChI=1S/C16H22N4O2/c1-12(11-17-2)15(21)19-7-9-20(10-8-19)16-18-13-5-3-4-6-14(13)22-16/h3-6,12,17H,7-11H2,1-2H3. The number of piperazine rings is 1. The summed E-state index contributed by atoms with van der Waals surface area (Å²) in [4.78, 5) is 20.9. The van der Waals surface area contributed by atoms with Crippen molar-refractivity contribution < 1.29 is 9.21 Å². The Hall–Kier alpha value is -2.08. The van der Waals surface area contributed by atoms with Gasteiger partial charge in [-0.05, 0) is 19.2 Å². The predicted molar refractivity (Wildman–Crippen MR) is 85.9 cm³/mol. The van der Waals surface area contributed by atoms with Gasteiger partial charge < -0.3 is 19.5 Å². The lowest BCUT2D eigenvalue weighted by molar-refractivity contribution is -0.135. The number of hydrogen-bond donors (Lipinski definition) is 1. The number of oxazole rings is 1. The molecule has 1 aromatic carbocycles. The van der Waals surface area contributed by atoms with Gasteiger partial charge in [0.2, 0.25) is 5.91 Å². The van der Waals surface area contributed by atoms with Gasteiger partial charge in [-0.2, -0.15) is 4.98 Å². The second-order valence-corrected chi connectivity index (χ2v) is 5.74. The fraction of sp³-hybridized carbons (Fsp3) is 0.500. The molecule has 0 bridgehead atoms. The van der Waals surface area contributed by atoms with Gasteiger partial charge in [-0.25, -0.2) is 0 Å². The first-order chi connectivity index (χ1) is 10.7. The van der Waals surface area contributed by atoms with E-state index in [0.717, 1.165) is 24.2 Å². The Bertz CT molecular complexity index is 613. The third kappa shape index (κ3) is 2.92. The van der Waals surface area contributed by atoms with Crippen LogP contribution in [0.15, 0.2) is 28.7 Å². The highest BCUT2D eigenvalue weighted by atomic mass is 16.4. The normalized spacial score (nSPS) is 17.0. The molecular weight excluding hydrogens is 280 g/mol. The third-order valence-corrected chi connectivity index (χ3v) is 4.08. The molecule has 0 radical (unpaired) electrons. The first kappa shape index (κ1) is 14.8. The van der Waals surface area contributed by atoms with Crippen LogP contribution in [0.2, 0.25) is 0 Å². The van der Waals surface area contributed by atoms with Gasteiger partial charge in [0.1, 0.15) is 5.52 Å². The smallest absolute Gasteiger partial charge is 0.298 e. The molecule has 1 aromatic heterocycles. The molecule has 1 aliphatic rings. The lowest BCUT2D eigenvalue weighted by atomic mass is 10.1. The van der Waals surface area contributed by atoms with E-state index < -0.39 is 0 Å². The summed E-state index contributed by atoms with van der Waals surface area (Å²) in [5.41, 5.74) is 1.68. The van der Waals surface area contributed by atoms with E-state index in [4.69, 9.17) is 4.42 Å². The summed E-state index contributed by atoms with van der Waals surface area (Å²) in [6, 6.07) is 8.41. The Labute approximate surface area is 130 Å². The highest BCUT2D eigenvalue weighted by Gasteiger charge is 2.26. The van der Waals surface area contributed by atoms with E-state index in [2.05, 4.69) is 15.2 Å². The number of anilines is 1. The van der Waals surface area contributed by atoms with E-state index in [9.17, 15) is 4.79 Å². The van der Waals surface area contributed by atoms with Crippen LogP contribution in [0.1, 0.15) is 6.92 Å². The van der Waals surface area contributed by atoms with Crippen LogP contribution >= 0.6 is 0 Å². The minimum absolute atomic E-state index is 0.0147. The number of benzene rings is 1. The number of nitrogens with one attached hydrogen (secondary N) is 1. The van der Waals surface area contributed by atoms with Gasteiger partial charge in [0.15, 0.2) is 5.58 Å². The summed E-state index contributed by atoms with van der Waals surface area (Å²) in [5, 5.41) is 3.05. The van der Waals surface area contributed by atoms with Crippen molar-refractivity contribution in [3.8, 4) is 0 Å². The van der Waals surface area contributed by atoms with E-state index in [-0.39, 0.29) is 11.8 Å². The van der Waals surface area contributed by atoms with Gasteiger partial charge in [-0.15, -0.1) is 0 Å².